The van der Waals surface area contributed by atoms with Crippen LogP contribution in [0.15, 0.2) is 182 Å². The summed E-state index contributed by atoms with van der Waals surface area (Å²) in [5.41, 5.74) is 13.2. The lowest BCUT2D eigenvalue weighted by atomic mass is 10.0. The topological polar surface area (TPSA) is 35.6 Å². The van der Waals surface area contributed by atoms with Crippen LogP contribution in [-0.4, -0.2) is 19.1 Å². The SMILES string of the molecule is c1ccc(-c2cc(-c3ccccc3)nc(-n3c4ccc(-c5ccc6c(c5)c5ccccc5n6-c5ccccc5)cc4c4ncccc43)c2)cc1. The maximum Gasteiger partial charge on any atom is 0.138 e. The van der Waals surface area contributed by atoms with Crippen molar-refractivity contribution in [1.29, 1.82) is 0 Å². The average molecular weight is 639 g/mol. The first-order valence-electron chi connectivity index (χ1n) is 16.9. The van der Waals surface area contributed by atoms with Crippen LogP contribution in [-0.2, 0) is 0 Å². The van der Waals surface area contributed by atoms with Crippen molar-refractivity contribution in [2.24, 2.45) is 0 Å². The molecule has 234 valence electrons. The van der Waals surface area contributed by atoms with E-state index in [9.17, 15) is 0 Å². The summed E-state index contributed by atoms with van der Waals surface area (Å²) < 4.78 is 4.62. The fourth-order valence-electron chi connectivity index (χ4n) is 7.45. The van der Waals surface area contributed by atoms with Crippen LogP contribution in [0.2, 0.25) is 0 Å². The Kier molecular flexibility index (Phi) is 6.46. The van der Waals surface area contributed by atoms with Gasteiger partial charge in [-0.25, -0.2) is 4.98 Å². The quantitative estimate of drug-likeness (QED) is 0.188. The van der Waals surface area contributed by atoms with Gasteiger partial charge in [0.05, 0.1) is 33.3 Å². The van der Waals surface area contributed by atoms with Gasteiger partial charge in [-0.05, 0) is 89.0 Å². The first-order chi connectivity index (χ1) is 24.8. The van der Waals surface area contributed by atoms with Gasteiger partial charge in [0.1, 0.15) is 5.82 Å². The molecule has 0 bridgehead atoms. The molecule has 0 radical (unpaired) electrons. The van der Waals surface area contributed by atoms with E-state index in [0.29, 0.717) is 0 Å². The number of aromatic nitrogens is 4. The van der Waals surface area contributed by atoms with E-state index in [4.69, 9.17) is 9.97 Å². The van der Waals surface area contributed by atoms with Gasteiger partial charge in [0.25, 0.3) is 0 Å². The lowest BCUT2D eigenvalue weighted by Crippen LogP contribution is -2.00. The highest BCUT2D eigenvalue weighted by atomic mass is 15.1. The monoisotopic (exact) mass is 638 g/mol. The molecule has 0 aliphatic carbocycles. The Hall–Kier alpha value is -6.78. The molecule has 4 heterocycles. The second-order valence-electron chi connectivity index (χ2n) is 12.7. The van der Waals surface area contributed by atoms with E-state index < -0.39 is 0 Å². The summed E-state index contributed by atoms with van der Waals surface area (Å²) in [6.07, 6.45) is 1.88. The average Bonchev–Trinajstić information content (AvgIpc) is 3.71. The van der Waals surface area contributed by atoms with E-state index in [1.54, 1.807) is 0 Å². The second kappa shape index (κ2) is 11.4. The first-order valence-corrected chi connectivity index (χ1v) is 16.9. The third kappa shape index (κ3) is 4.54. The smallest absolute Gasteiger partial charge is 0.138 e. The molecule has 0 aliphatic heterocycles. The number of para-hydroxylation sites is 2. The number of fused-ring (bicyclic) bond motifs is 6. The first kappa shape index (κ1) is 28.3. The minimum Gasteiger partial charge on any atom is -0.309 e. The molecule has 10 rings (SSSR count). The van der Waals surface area contributed by atoms with Crippen LogP contribution < -0.4 is 0 Å². The lowest BCUT2D eigenvalue weighted by Gasteiger charge is -2.13. The predicted molar refractivity (Wildman–Crippen MR) is 207 cm³/mol. The van der Waals surface area contributed by atoms with Crippen LogP contribution >= 0.6 is 0 Å². The summed E-state index contributed by atoms with van der Waals surface area (Å²) in [4.78, 5) is 10.2. The molecule has 0 spiro atoms. The Morgan fingerprint density at radius 2 is 0.960 bits per heavy atom. The molecule has 0 saturated heterocycles. The lowest BCUT2D eigenvalue weighted by molar-refractivity contribution is 1.08. The van der Waals surface area contributed by atoms with E-state index in [0.717, 1.165) is 61.4 Å². The van der Waals surface area contributed by atoms with E-state index >= 15 is 0 Å². The normalized spacial score (nSPS) is 11.6. The Morgan fingerprint density at radius 1 is 0.360 bits per heavy atom. The van der Waals surface area contributed by atoms with Crippen molar-refractivity contribution < 1.29 is 0 Å². The maximum atomic E-state index is 5.28. The number of rotatable bonds is 5. The molecule has 10 aromatic rings. The summed E-state index contributed by atoms with van der Waals surface area (Å²) >= 11 is 0. The highest BCUT2D eigenvalue weighted by molar-refractivity contribution is 6.12. The number of pyridine rings is 2. The molecule has 0 fully saturated rings. The third-order valence-electron chi connectivity index (χ3n) is 9.76. The zero-order valence-electron chi connectivity index (χ0n) is 27.1. The van der Waals surface area contributed by atoms with Gasteiger partial charge in [0, 0.05) is 33.6 Å². The summed E-state index contributed by atoms with van der Waals surface area (Å²) in [5.74, 6) is 0.862. The van der Waals surface area contributed by atoms with Crippen molar-refractivity contribution in [3.05, 3.63) is 182 Å². The van der Waals surface area contributed by atoms with Crippen molar-refractivity contribution in [1.82, 2.24) is 19.1 Å². The van der Waals surface area contributed by atoms with Crippen molar-refractivity contribution in [2.45, 2.75) is 0 Å². The number of nitrogens with zero attached hydrogens (tertiary/aromatic N) is 4. The maximum absolute atomic E-state index is 5.28. The van der Waals surface area contributed by atoms with Crippen molar-refractivity contribution in [2.75, 3.05) is 0 Å². The van der Waals surface area contributed by atoms with Gasteiger partial charge >= 0.3 is 0 Å². The molecule has 50 heavy (non-hydrogen) atoms. The Balaban J connectivity index is 1.17. The molecule has 0 atom stereocenters. The summed E-state index contributed by atoms with van der Waals surface area (Å²) in [6, 6.07) is 62.3. The number of hydrogen-bond acceptors (Lipinski definition) is 2. The zero-order valence-corrected chi connectivity index (χ0v) is 27.1. The largest absolute Gasteiger partial charge is 0.309 e. The van der Waals surface area contributed by atoms with Crippen molar-refractivity contribution in [3.8, 4) is 45.0 Å². The van der Waals surface area contributed by atoms with E-state index in [2.05, 4.69) is 173 Å². The molecular weight excluding hydrogens is 609 g/mol. The van der Waals surface area contributed by atoms with Crippen LogP contribution in [0, 0.1) is 0 Å². The zero-order chi connectivity index (χ0) is 33.0. The summed E-state index contributed by atoms with van der Waals surface area (Å²) in [6.45, 7) is 0. The highest BCUT2D eigenvalue weighted by Gasteiger charge is 2.18. The second-order valence-corrected chi connectivity index (χ2v) is 12.7. The van der Waals surface area contributed by atoms with Crippen LogP contribution in [0.3, 0.4) is 0 Å². The van der Waals surface area contributed by atoms with E-state index in [-0.39, 0.29) is 0 Å². The fourth-order valence-corrected chi connectivity index (χ4v) is 7.45. The molecule has 0 unspecified atom stereocenters. The van der Waals surface area contributed by atoms with E-state index in [1.807, 2.05) is 18.3 Å². The summed E-state index contributed by atoms with van der Waals surface area (Å²) in [7, 11) is 0. The molecule has 0 aliphatic rings. The molecule has 0 amide bonds. The predicted octanol–water partition coefficient (Wildman–Crippen LogP) is 11.7. The Bertz CT molecular complexity index is 2790. The minimum atomic E-state index is 0.862. The minimum absolute atomic E-state index is 0.862. The molecule has 0 saturated carbocycles. The standard InChI is InChI=1S/C46H30N4/c1-4-13-31(14-5-1)35-29-40(32-15-6-2-7-16-32)48-45(30-35)50-43-25-23-34(28-39(43)46-44(50)21-12-26-47-46)33-22-24-42-38(27-33)37-19-10-11-20-41(37)49(42)36-17-8-3-9-18-36/h1-30H. The van der Waals surface area contributed by atoms with Gasteiger partial charge in [-0.15, -0.1) is 0 Å². The summed E-state index contributed by atoms with van der Waals surface area (Å²) in [5, 5.41) is 3.57. The van der Waals surface area contributed by atoms with Crippen LogP contribution in [0.5, 0.6) is 0 Å². The van der Waals surface area contributed by atoms with Crippen LogP contribution in [0.25, 0.3) is 88.8 Å². The highest BCUT2D eigenvalue weighted by Crippen LogP contribution is 2.38. The molecule has 4 heteroatoms. The third-order valence-corrected chi connectivity index (χ3v) is 9.76. The van der Waals surface area contributed by atoms with Gasteiger partial charge in [-0.3, -0.25) is 9.55 Å². The van der Waals surface area contributed by atoms with E-state index in [1.165, 1.54) is 27.4 Å². The molecular formula is C46H30N4. The Labute approximate surface area is 289 Å². The number of hydrogen-bond donors (Lipinski definition) is 0. The molecule has 0 N–H and O–H groups in total. The Morgan fingerprint density at radius 3 is 1.72 bits per heavy atom. The van der Waals surface area contributed by atoms with Crippen LogP contribution in [0.1, 0.15) is 0 Å². The van der Waals surface area contributed by atoms with Gasteiger partial charge in [-0.1, -0.05) is 109 Å². The van der Waals surface area contributed by atoms with Gasteiger partial charge in [0.2, 0.25) is 0 Å². The molecule has 4 aromatic heterocycles. The fraction of sp³-hybridized carbons (Fsp3) is 0. The molecule has 4 nitrogen and oxygen atoms in total. The van der Waals surface area contributed by atoms with Gasteiger partial charge in [-0.2, -0.15) is 0 Å². The molecule has 6 aromatic carbocycles. The van der Waals surface area contributed by atoms with Gasteiger partial charge in [0.15, 0.2) is 0 Å². The number of benzene rings is 6. The van der Waals surface area contributed by atoms with Crippen molar-refractivity contribution in [3.63, 3.8) is 0 Å². The van der Waals surface area contributed by atoms with Crippen molar-refractivity contribution >= 4 is 43.7 Å². The van der Waals surface area contributed by atoms with Crippen LogP contribution in [0.4, 0.5) is 0 Å². The van der Waals surface area contributed by atoms with Gasteiger partial charge < -0.3 is 4.57 Å².